The highest BCUT2D eigenvalue weighted by Gasteiger charge is 2.49. The van der Waals surface area contributed by atoms with Gasteiger partial charge in [-0.2, -0.15) is 0 Å². The molecule has 3 rings (SSSR count). The van der Waals surface area contributed by atoms with Crippen LogP contribution in [0.15, 0.2) is 42.5 Å². The Balaban J connectivity index is 1.51. The first kappa shape index (κ1) is 14.8. The number of ketones is 1. The number of Topliss-reactive ketones (excluding diaryl/α,β-unsaturated/α-hetero) is 1. The maximum absolute atomic E-state index is 11.8. The summed E-state index contributed by atoms with van der Waals surface area (Å²) in [5.41, 5.74) is -0.339. The summed E-state index contributed by atoms with van der Waals surface area (Å²) < 4.78 is 11.1. The zero-order chi connectivity index (χ0) is 15.6. The molecule has 0 aromatic heterocycles. The van der Waals surface area contributed by atoms with Gasteiger partial charge in [-0.15, -0.1) is 0 Å². The first-order valence-electron chi connectivity index (χ1n) is 7.36. The van der Waals surface area contributed by atoms with Gasteiger partial charge in [-0.3, -0.25) is 4.79 Å². The second-order valence-corrected chi connectivity index (χ2v) is 6.12. The van der Waals surface area contributed by atoms with E-state index in [9.17, 15) is 9.59 Å². The Labute approximate surface area is 129 Å². The first-order valence-corrected chi connectivity index (χ1v) is 7.36. The highest BCUT2D eigenvalue weighted by atomic mass is 16.6. The molecular formula is C17H19NO4. The van der Waals surface area contributed by atoms with Crippen LogP contribution in [-0.2, 0) is 20.9 Å². The molecule has 0 radical (unpaired) electrons. The van der Waals surface area contributed by atoms with Gasteiger partial charge in [0, 0.05) is 12.8 Å². The van der Waals surface area contributed by atoms with Crippen molar-refractivity contribution in [2.75, 3.05) is 6.54 Å². The van der Waals surface area contributed by atoms with Crippen molar-refractivity contribution in [2.45, 2.75) is 37.6 Å². The molecule has 2 atom stereocenters. The lowest BCUT2D eigenvalue weighted by molar-refractivity contribution is -0.150. The molecule has 5 heteroatoms. The third-order valence-corrected chi connectivity index (χ3v) is 3.97. The summed E-state index contributed by atoms with van der Waals surface area (Å²) in [5, 5.41) is 2.69. The second-order valence-electron chi connectivity index (χ2n) is 6.12. The van der Waals surface area contributed by atoms with Gasteiger partial charge in [0.05, 0.1) is 12.1 Å². The molecular weight excluding hydrogens is 282 g/mol. The van der Waals surface area contributed by atoms with Crippen molar-refractivity contribution in [2.24, 2.45) is 0 Å². The number of hydrogen-bond donors (Lipinski definition) is 1. The smallest absolute Gasteiger partial charge is 0.407 e. The number of carbonyl (C=O) groups is 2. The monoisotopic (exact) mass is 301 g/mol. The predicted octanol–water partition coefficient (Wildman–Crippen LogP) is 2.36. The lowest BCUT2D eigenvalue weighted by Gasteiger charge is -2.37. The summed E-state index contributed by atoms with van der Waals surface area (Å²) in [4.78, 5) is 23.6. The fourth-order valence-corrected chi connectivity index (χ4v) is 2.99. The van der Waals surface area contributed by atoms with E-state index in [0.717, 1.165) is 5.56 Å². The number of rotatable bonds is 4. The van der Waals surface area contributed by atoms with Crippen LogP contribution in [0.2, 0.25) is 0 Å². The number of alkyl carbamates (subject to hydrolysis) is 1. The molecule has 0 saturated carbocycles. The second kappa shape index (κ2) is 5.57. The molecule has 2 heterocycles. The maximum Gasteiger partial charge on any atom is 0.407 e. The van der Waals surface area contributed by atoms with Crippen molar-refractivity contribution in [3.8, 4) is 0 Å². The van der Waals surface area contributed by atoms with Crippen LogP contribution in [-0.4, -0.2) is 29.6 Å². The number of benzene rings is 1. The van der Waals surface area contributed by atoms with Crippen molar-refractivity contribution in [3.63, 3.8) is 0 Å². The minimum absolute atomic E-state index is 0.151. The number of amides is 1. The lowest BCUT2D eigenvalue weighted by atomic mass is 9.91. The normalized spacial score (nSPS) is 29.4. The molecule has 0 aliphatic carbocycles. The fraction of sp³-hybridized carbons (Fsp3) is 0.412. The number of ether oxygens (including phenoxy) is 2. The van der Waals surface area contributed by atoms with Crippen LogP contribution in [0, 0.1) is 0 Å². The van der Waals surface area contributed by atoms with Crippen LogP contribution in [0.1, 0.15) is 25.3 Å². The SMILES string of the molecule is C[C@@]12C=C[C@](CNC(=O)OCc3ccccc3)(CC(=O)C1)O2. The average molecular weight is 301 g/mol. The van der Waals surface area contributed by atoms with Gasteiger partial charge in [-0.25, -0.2) is 4.79 Å². The Hall–Kier alpha value is -2.14. The summed E-state index contributed by atoms with van der Waals surface area (Å²) >= 11 is 0. The summed E-state index contributed by atoms with van der Waals surface area (Å²) in [5.74, 6) is 0.151. The van der Waals surface area contributed by atoms with Crippen LogP contribution in [0.3, 0.4) is 0 Å². The molecule has 1 aromatic carbocycles. The van der Waals surface area contributed by atoms with Crippen LogP contribution in [0.5, 0.6) is 0 Å². The summed E-state index contributed by atoms with van der Waals surface area (Å²) in [6, 6.07) is 9.46. The Morgan fingerprint density at radius 1 is 1.27 bits per heavy atom. The zero-order valence-corrected chi connectivity index (χ0v) is 12.5. The van der Waals surface area contributed by atoms with Crippen LogP contribution < -0.4 is 5.32 Å². The molecule has 1 aromatic rings. The number of carbonyl (C=O) groups excluding carboxylic acids is 2. The Morgan fingerprint density at radius 3 is 2.82 bits per heavy atom. The van der Waals surface area contributed by atoms with E-state index in [4.69, 9.17) is 9.47 Å². The van der Waals surface area contributed by atoms with E-state index in [0.29, 0.717) is 6.42 Å². The van der Waals surface area contributed by atoms with Gasteiger partial charge in [0.1, 0.15) is 18.0 Å². The molecule has 2 bridgehead atoms. The van der Waals surface area contributed by atoms with Gasteiger partial charge in [-0.05, 0) is 12.5 Å². The number of hydrogen-bond acceptors (Lipinski definition) is 4. The number of nitrogens with one attached hydrogen (secondary N) is 1. The molecule has 116 valence electrons. The average Bonchev–Trinajstić information content (AvgIpc) is 2.74. The van der Waals surface area contributed by atoms with Crippen molar-refractivity contribution < 1.29 is 19.1 Å². The van der Waals surface area contributed by atoms with E-state index in [2.05, 4.69) is 5.32 Å². The molecule has 1 amide bonds. The molecule has 2 aliphatic rings. The van der Waals surface area contributed by atoms with Gasteiger partial charge < -0.3 is 14.8 Å². The van der Waals surface area contributed by atoms with E-state index < -0.39 is 17.3 Å². The maximum atomic E-state index is 11.8. The molecule has 2 aliphatic heterocycles. The third kappa shape index (κ3) is 3.20. The standard InChI is InChI=1S/C17H19NO4/c1-16-7-8-17(22-16,10-14(19)9-16)12-18-15(20)21-11-13-5-3-2-4-6-13/h2-8H,9-12H2,1H3,(H,18,20)/t16-,17-/m1/s1. The lowest BCUT2D eigenvalue weighted by Crippen LogP contribution is -2.50. The predicted molar refractivity (Wildman–Crippen MR) is 80.2 cm³/mol. The molecule has 0 unspecified atom stereocenters. The Kier molecular flexibility index (Phi) is 3.74. The molecule has 0 spiro atoms. The van der Waals surface area contributed by atoms with E-state index in [-0.39, 0.29) is 25.4 Å². The fourth-order valence-electron chi connectivity index (χ4n) is 2.99. The van der Waals surface area contributed by atoms with Crippen molar-refractivity contribution in [1.29, 1.82) is 0 Å². The quantitative estimate of drug-likeness (QED) is 0.867. The van der Waals surface area contributed by atoms with E-state index in [1.807, 2.05) is 49.4 Å². The van der Waals surface area contributed by atoms with Gasteiger partial charge in [0.15, 0.2) is 0 Å². The van der Waals surface area contributed by atoms with E-state index in [1.54, 1.807) is 0 Å². The van der Waals surface area contributed by atoms with Gasteiger partial charge in [0.2, 0.25) is 0 Å². The largest absolute Gasteiger partial charge is 0.445 e. The van der Waals surface area contributed by atoms with E-state index >= 15 is 0 Å². The molecule has 1 N–H and O–H groups in total. The van der Waals surface area contributed by atoms with Crippen molar-refractivity contribution in [1.82, 2.24) is 5.32 Å². The molecule has 22 heavy (non-hydrogen) atoms. The topological polar surface area (TPSA) is 64.6 Å². The van der Waals surface area contributed by atoms with Crippen molar-refractivity contribution >= 4 is 11.9 Å². The summed E-state index contributed by atoms with van der Waals surface area (Å²) in [6.07, 6.45) is 3.97. The van der Waals surface area contributed by atoms with Crippen LogP contribution in [0.25, 0.3) is 0 Å². The summed E-state index contributed by atoms with van der Waals surface area (Å²) in [6.45, 7) is 2.33. The van der Waals surface area contributed by atoms with Crippen LogP contribution in [0.4, 0.5) is 4.79 Å². The van der Waals surface area contributed by atoms with Crippen LogP contribution >= 0.6 is 0 Å². The molecule has 1 saturated heterocycles. The summed E-state index contributed by atoms with van der Waals surface area (Å²) in [7, 11) is 0. The molecule has 1 fully saturated rings. The Bertz CT molecular complexity index is 612. The minimum Gasteiger partial charge on any atom is -0.445 e. The first-order chi connectivity index (χ1) is 10.5. The van der Waals surface area contributed by atoms with Gasteiger partial charge in [-0.1, -0.05) is 42.5 Å². The highest BCUT2D eigenvalue weighted by molar-refractivity contribution is 5.83. The Morgan fingerprint density at radius 2 is 2.05 bits per heavy atom. The minimum atomic E-state index is -0.726. The zero-order valence-electron chi connectivity index (χ0n) is 12.5. The van der Waals surface area contributed by atoms with Gasteiger partial charge in [0.25, 0.3) is 0 Å². The van der Waals surface area contributed by atoms with E-state index in [1.165, 1.54) is 0 Å². The highest BCUT2D eigenvalue weighted by Crippen LogP contribution is 2.40. The van der Waals surface area contributed by atoms with Crippen molar-refractivity contribution in [3.05, 3.63) is 48.0 Å². The molecule has 5 nitrogen and oxygen atoms in total. The third-order valence-electron chi connectivity index (χ3n) is 3.97. The number of fused-ring (bicyclic) bond motifs is 2. The van der Waals surface area contributed by atoms with Gasteiger partial charge >= 0.3 is 6.09 Å².